The molecule has 0 spiro atoms. The van der Waals surface area contributed by atoms with Crippen LogP contribution in [0.3, 0.4) is 0 Å². The van der Waals surface area contributed by atoms with Gasteiger partial charge < -0.3 is 9.72 Å². The Bertz CT molecular complexity index is 1140. The van der Waals surface area contributed by atoms with Crippen molar-refractivity contribution in [3.63, 3.8) is 0 Å². The van der Waals surface area contributed by atoms with E-state index < -0.39 is 0 Å². The second-order valence-corrected chi connectivity index (χ2v) is 8.01. The van der Waals surface area contributed by atoms with Crippen molar-refractivity contribution in [2.45, 2.75) is 38.3 Å². The molecular weight excluding hydrogens is 383 g/mol. The van der Waals surface area contributed by atoms with Crippen molar-refractivity contribution >= 4 is 0 Å². The maximum Gasteiger partial charge on any atom is 0.255 e. The molecule has 0 amide bonds. The predicted octanol–water partition coefficient (Wildman–Crippen LogP) is 3.42. The molecule has 1 N–H and O–H groups in total. The van der Waals surface area contributed by atoms with E-state index in [9.17, 15) is 9.18 Å². The van der Waals surface area contributed by atoms with Gasteiger partial charge in [-0.3, -0.25) is 14.7 Å². The summed E-state index contributed by atoms with van der Waals surface area (Å²) < 4.78 is 19.0. The third-order valence-electron chi connectivity index (χ3n) is 5.80. The molecule has 154 valence electrons. The number of nitrogens with one attached hydrogen (secondary N) is 1. The van der Waals surface area contributed by atoms with Gasteiger partial charge in [-0.05, 0) is 42.7 Å². The number of hydrogen-bond acceptors (Lipinski definition) is 5. The Hall–Kier alpha value is -3.06. The molecule has 7 heteroatoms. The zero-order valence-corrected chi connectivity index (χ0v) is 16.8. The van der Waals surface area contributed by atoms with Crippen LogP contribution in [0.15, 0.2) is 41.3 Å². The minimum atomic E-state index is -0.327. The van der Waals surface area contributed by atoms with E-state index in [4.69, 9.17) is 9.72 Å². The van der Waals surface area contributed by atoms with Crippen molar-refractivity contribution < 1.29 is 9.13 Å². The van der Waals surface area contributed by atoms with E-state index in [0.717, 1.165) is 48.5 Å². The van der Waals surface area contributed by atoms with Crippen molar-refractivity contribution in [2.24, 2.45) is 0 Å². The standard InChI is InChI=1S/C23H23FN4O2/c1-30-21-7-5-16(24)10-17(21)19-6-2-14(11-25-19)12-28-9-8-20-18(13-28)23(29)27-22(26-20)15-3-4-15/h2,5-7,10-11,15H,3-4,8-9,12-13H2,1H3,(H,26,27,29). The zero-order chi connectivity index (χ0) is 20.7. The number of pyridine rings is 1. The normalized spacial score (nSPS) is 16.3. The lowest BCUT2D eigenvalue weighted by Crippen LogP contribution is -2.35. The van der Waals surface area contributed by atoms with E-state index in [-0.39, 0.29) is 11.4 Å². The van der Waals surface area contributed by atoms with Gasteiger partial charge in [0.05, 0.1) is 24.1 Å². The Morgan fingerprint density at radius 3 is 2.87 bits per heavy atom. The number of H-pyrrole nitrogens is 1. The van der Waals surface area contributed by atoms with Crippen LogP contribution in [0.1, 0.15) is 41.4 Å². The highest BCUT2D eigenvalue weighted by Gasteiger charge is 2.29. The van der Waals surface area contributed by atoms with Gasteiger partial charge in [-0.15, -0.1) is 0 Å². The molecule has 0 saturated heterocycles. The third-order valence-corrected chi connectivity index (χ3v) is 5.80. The number of benzene rings is 1. The summed E-state index contributed by atoms with van der Waals surface area (Å²) in [5.74, 6) is 1.57. The van der Waals surface area contributed by atoms with Gasteiger partial charge in [0.1, 0.15) is 17.4 Å². The number of halogens is 1. The van der Waals surface area contributed by atoms with Crippen LogP contribution in [0.25, 0.3) is 11.3 Å². The Kier molecular flexibility index (Phi) is 4.83. The molecule has 6 nitrogen and oxygen atoms in total. The molecule has 30 heavy (non-hydrogen) atoms. The van der Waals surface area contributed by atoms with Crippen LogP contribution in [0.4, 0.5) is 4.39 Å². The molecule has 0 unspecified atom stereocenters. The molecule has 1 saturated carbocycles. The van der Waals surface area contributed by atoms with E-state index in [2.05, 4.69) is 14.9 Å². The van der Waals surface area contributed by atoms with Crippen molar-refractivity contribution in [1.29, 1.82) is 0 Å². The molecule has 1 fully saturated rings. The lowest BCUT2D eigenvalue weighted by Gasteiger charge is -2.27. The Balaban J connectivity index is 1.32. The number of fused-ring (bicyclic) bond motifs is 1. The number of ether oxygens (including phenoxy) is 1. The first kappa shape index (κ1) is 18.9. The van der Waals surface area contributed by atoms with Gasteiger partial charge in [0, 0.05) is 43.7 Å². The van der Waals surface area contributed by atoms with Gasteiger partial charge in [-0.2, -0.15) is 0 Å². The minimum Gasteiger partial charge on any atom is -0.496 e. The largest absolute Gasteiger partial charge is 0.496 e. The number of rotatable bonds is 5. The van der Waals surface area contributed by atoms with Gasteiger partial charge >= 0.3 is 0 Å². The summed E-state index contributed by atoms with van der Waals surface area (Å²) in [4.78, 5) is 27.0. The van der Waals surface area contributed by atoms with E-state index in [1.807, 2.05) is 12.1 Å². The number of methoxy groups -OCH3 is 1. The quantitative estimate of drug-likeness (QED) is 0.703. The van der Waals surface area contributed by atoms with Crippen molar-refractivity contribution in [1.82, 2.24) is 19.9 Å². The van der Waals surface area contributed by atoms with Crippen LogP contribution in [0.2, 0.25) is 0 Å². The molecule has 1 aliphatic carbocycles. The molecule has 3 heterocycles. The van der Waals surface area contributed by atoms with Crippen LogP contribution < -0.4 is 10.3 Å². The second-order valence-electron chi connectivity index (χ2n) is 8.01. The average Bonchev–Trinajstić information content (AvgIpc) is 3.60. The number of aromatic amines is 1. The van der Waals surface area contributed by atoms with Crippen LogP contribution >= 0.6 is 0 Å². The fraction of sp³-hybridized carbons (Fsp3) is 0.348. The highest BCUT2D eigenvalue weighted by atomic mass is 19.1. The molecule has 1 aromatic carbocycles. The molecule has 0 atom stereocenters. The molecule has 1 aliphatic heterocycles. The summed E-state index contributed by atoms with van der Waals surface area (Å²) in [7, 11) is 1.56. The van der Waals surface area contributed by atoms with Gasteiger partial charge in [0.2, 0.25) is 0 Å². The first-order valence-corrected chi connectivity index (χ1v) is 10.2. The number of aromatic nitrogens is 3. The molecule has 0 radical (unpaired) electrons. The predicted molar refractivity (Wildman–Crippen MR) is 111 cm³/mol. The zero-order valence-electron chi connectivity index (χ0n) is 16.8. The topological polar surface area (TPSA) is 71.1 Å². The average molecular weight is 406 g/mol. The molecule has 2 aliphatic rings. The lowest BCUT2D eigenvalue weighted by molar-refractivity contribution is 0.241. The van der Waals surface area contributed by atoms with Crippen molar-refractivity contribution in [3.05, 3.63) is 75.3 Å². The first-order chi connectivity index (χ1) is 14.6. The SMILES string of the molecule is COc1ccc(F)cc1-c1ccc(CN2CCc3nc(C4CC4)[nH]c(=O)c3C2)cn1. The fourth-order valence-corrected chi connectivity index (χ4v) is 4.00. The highest BCUT2D eigenvalue weighted by Crippen LogP contribution is 2.38. The summed E-state index contributed by atoms with van der Waals surface area (Å²) in [5.41, 5.74) is 4.05. The summed E-state index contributed by atoms with van der Waals surface area (Å²) in [6, 6.07) is 8.26. The van der Waals surface area contributed by atoms with Gasteiger partial charge in [-0.1, -0.05) is 6.07 Å². The summed E-state index contributed by atoms with van der Waals surface area (Å²) in [6.45, 7) is 2.13. The molecule has 5 rings (SSSR count). The van der Waals surface area contributed by atoms with Crippen LogP contribution in [0, 0.1) is 5.82 Å². The molecule has 3 aromatic rings. The summed E-state index contributed by atoms with van der Waals surface area (Å²) >= 11 is 0. The Morgan fingerprint density at radius 1 is 1.27 bits per heavy atom. The molecular formula is C23H23FN4O2. The maximum absolute atomic E-state index is 13.7. The van der Waals surface area contributed by atoms with E-state index in [0.29, 0.717) is 36.0 Å². The number of nitrogens with zero attached hydrogens (tertiary/aromatic N) is 3. The highest BCUT2D eigenvalue weighted by molar-refractivity contribution is 5.67. The maximum atomic E-state index is 13.7. The van der Waals surface area contributed by atoms with Crippen LogP contribution in [-0.2, 0) is 19.5 Å². The Morgan fingerprint density at radius 2 is 2.13 bits per heavy atom. The minimum absolute atomic E-state index is 0.00160. The summed E-state index contributed by atoms with van der Waals surface area (Å²) in [6.07, 6.45) is 4.83. The van der Waals surface area contributed by atoms with E-state index >= 15 is 0 Å². The Labute approximate surface area is 173 Å². The smallest absolute Gasteiger partial charge is 0.255 e. The first-order valence-electron chi connectivity index (χ1n) is 10.2. The van der Waals surface area contributed by atoms with Gasteiger partial charge in [-0.25, -0.2) is 9.37 Å². The third kappa shape index (κ3) is 3.73. The van der Waals surface area contributed by atoms with Crippen LogP contribution in [0.5, 0.6) is 5.75 Å². The van der Waals surface area contributed by atoms with Gasteiger partial charge in [0.25, 0.3) is 5.56 Å². The van der Waals surface area contributed by atoms with Crippen molar-refractivity contribution in [2.75, 3.05) is 13.7 Å². The van der Waals surface area contributed by atoms with Crippen molar-refractivity contribution in [3.8, 4) is 17.0 Å². The monoisotopic (exact) mass is 406 g/mol. The van der Waals surface area contributed by atoms with Gasteiger partial charge in [0.15, 0.2) is 0 Å². The van der Waals surface area contributed by atoms with E-state index in [1.54, 1.807) is 19.4 Å². The number of hydrogen-bond donors (Lipinski definition) is 1. The van der Waals surface area contributed by atoms with Crippen LogP contribution in [-0.4, -0.2) is 33.5 Å². The van der Waals surface area contributed by atoms with E-state index in [1.165, 1.54) is 12.1 Å². The molecule has 0 bridgehead atoms. The lowest BCUT2D eigenvalue weighted by atomic mass is 10.1. The summed E-state index contributed by atoms with van der Waals surface area (Å²) in [5, 5.41) is 0. The second kappa shape index (κ2) is 7.65. The fourth-order valence-electron chi connectivity index (χ4n) is 4.00. The molecule has 2 aromatic heterocycles.